The van der Waals surface area contributed by atoms with Crippen LogP contribution >= 0.6 is 0 Å². The number of rotatable bonds is 5. The topological polar surface area (TPSA) is 76.0 Å². The molecular formula is C11H15BO5. The van der Waals surface area contributed by atoms with E-state index in [2.05, 4.69) is 0 Å². The van der Waals surface area contributed by atoms with Gasteiger partial charge in [0.1, 0.15) is 5.75 Å². The van der Waals surface area contributed by atoms with E-state index < -0.39 is 13.1 Å². The van der Waals surface area contributed by atoms with Gasteiger partial charge in [-0.25, -0.2) is 4.79 Å². The number of esters is 1. The van der Waals surface area contributed by atoms with Gasteiger partial charge in [-0.1, -0.05) is 0 Å². The smallest absolute Gasteiger partial charge is 0.492 e. The molecule has 17 heavy (non-hydrogen) atoms. The Kier molecular flexibility index (Phi) is 4.99. The van der Waals surface area contributed by atoms with E-state index in [-0.39, 0.29) is 17.6 Å². The SMILES string of the molecule is CCOC(=O)c1ccc(OCC)c(B(O)O)c1. The second-order valence-electron chi connectivity index (χ2n) is 3.28. The number of carbonyl (C=O) groups is 1. The van der Waals surface area contributed by atoms with Crippen LogP contribution in [0.3, 0.4) is 0 Å². The highest BCUT2D eigenvalue weighted by molar-refractivity contribution is 6.59. The van der Waals surface area contributed by atoms with E-state index in [4.69, 9.17) is 9.47 Å². The van der Waals surface area contributed by atoms with Crippen molar-refractivity contribution in [1.29, 1.82) is 0 Å². The van der Waals surface area contributed by atoms with Crippen molar-refractivity contribution in [3.05, 3.63) is 23.8 Å². The van der Waals surface area contributed by atoms with Crippen LogP contribution in [0.2, 0.25) is 0 Å². The minimum atomic E-state index is -1.69. The summed E-state index contributed by atoms with van der Waals surface area (Å²) in [4.78, 5) is 11.5. The first-order chi connectivity index (χ1) is 8.10. The largest absolute Gasteiger partial charge is 0.494 e. The fourth-order valence-corrected chi connectivity index (χ4v) is 1.38. The number of hydrogen-bond donors (Lipinski definition) is 2. The summed E-state index contributed by atoms with van der Waals surface area (Å²) in [5, 5.41) is 18.4. The maximum absolute atomic E-state index is 11.5. The second kappa shape index (κ2) is 6.27. The zero-order valence-corrected chi connectivity index (χ0v) is 9.84. The van der Waals surface area contributed by atoms with E-state index in [0.717, 1.165) is 0 Å². The second-order valence-corrected chi connectivity index (χ2v) is 3.28. The summed E-state index contributed by atoms with van der Waals surface area (Å²) >= 11 is 0. The maximum atomic E-state index is 11.5. The quantitative estimate of drug-likeness (QED) is 0.555. The molecule has 0 radical (unpaired) electrons. The molecule has 0 fully saturated rings. The number of carbonyl (C=O) groups excluding carboxylic acids is 1. The maximum Gasteiger partial charge on any atom is 0.492 e. The highest BCUT2D eigenvalue weighted by Gasteiger charge is 2.19. The van der Waals surface area contributed by atoms with Crippen LogP contribution in [-0.2, 0) is 4.74 Å². The third-order valence-corrected chi connectivity index (χ3v) is 2.10. The third-order valence-electron chi connectivity index (χ3n) is 2.10. The summed E-state index contributed by atoms with van der Waals surface area (Å²) in [7, 11) is -1.69. The van der Waals surface area contributed by atoms with Gasteiger partial charge in [-0.3, -0.25) is 0 Å². The van der Waals surface area contributed by atoms with Gasteiger partial charge in [0.05, 0.1) is 18.8 Å². The Morgan fingerprint density at radius 3 is 2.53 bits per heavy atom. The molecule has 6 heteroatoms. The predicted octanol–water partition coefficient (Wildman–Crippen LogP) is -0.0582. The number of benzene rings is 1. The lowest BCUT2D eigenvalue weighted by Gasteiger charge is -2.11. The van der Waals surface area contributed by atoms with Gasteiger partial charge in [0, 0.05) is 5.46 Å². The van der Waals surface area contributed by atoms with Gasteiger partial charge in [-0.15, -0.1) is 0 Å². The van der Waals surface area contributed by atoms with Crippen LogP contribution in [0, 0.1) is 0 Å². The molecule has 0 heterocycles. The van der Waals surface area contributed by atoms with Crippen LogP contribution < -0.4 is 10.2 Å². The van der Waals surface area contributed by atoms with Crippen LogP contribution in [0.5, 0.6) is 5.75 Å². The van der Waals surface area contributed by atoms with E-state index in [0.29, 0.717) is 12.4 Å². The van der Waals surface area contributed by atoms with E-state index >= 15 is 0 Å². The summed E-state index contributed by atoms with van der Waals surface area (Å²) in [6.07, 6.45) is 0. The van der Waals surface area contributed by atoms with Crippen LogP contribution in [0.1, 0.15) is 24.2 Å². The fourth-order valence-electron chi connectivity index (χ4n) is 1.38. The minimum absolute atomic E-state index is 0.150. The first-order valence-electron chi connectivity index (χ1n) is 5.40. The van der Waals surface area contributed by atoms with Crippen molar-refractivity contribution < 1.29 is 24.3 Å². The molecule has 0 aliphatic heterocycles. The Balaban J connectivity index is 3.05. The lowest BCUT2D eigenvalue weighted by atomic mass is 9.78. The molecular weight excluding hydrogens is 223 g/mol. The van der Waals surface area contributed by atoms with Gasteiger partial charge in [0.25, 0.3) is 0 Å². The van der Waals surface area contributed by atoms with Gasteiger partial charge < -0.3 is 19.5 Å². The molecule has 0 aliphatic rings. The van der Waals surface area contributed by atoms with Gasteiger partial charge in [-0.2, -0.15) is 0 Å². The fraction of sp³-hybridized carbons (Fsp3) is 0.364. The number of ether oxygens (including phenoxy) is 2. The third kappa shape index (κ3) is 3.47. The predicted molar refractivity (Wildman–Crippen MR) is 63.4 cm³/mol. The molecule has 0 aromatic heterocycles. The zero-order valence-electron chi connectivity index (χ0n) is 9.84. The standard InChI is InChI=1S/C11H15BO5/c1-3-16-10-6-5-8(11(13)17-4-2)7-9(10)12(14)15/h5-7,14-15H,3-4H2,1-2H3. The molecule has 0 atom stereocenters. The Labute approximate surface area is 100 Å². The van der Waals surface area contributed by atoms with E-state index in [1.54, 1.807) is 13.8 Å². The highest BCUT2D eigenvalue weighted by Crippen LogP contribution is 2.11. The molecule has 2 N–H and O–H groups in total. The van der Waals surface area contributed by atoms with Crippen molar-refractivity contribution in [2.75, 3.05) is 13.2 Å². The first-order valence-corrected chi connectivity index (χ1v) is 5.40. The molecule has 0 saturated carbocycles. The molecule has 0 bridgehead atoms. The molecule has 92 valence electrons. The first kappa shape index (κ1) is 13.5. The van der Waals surface area contributed by atoms with Crippen molar-refractivity contribution in [2.24, 2.45) is 0 Å². The Morgan fingerprint density at radius 1 is 1.29 bits per heavy atom. The molecule has 0 amide bonds. The van der Waals surface area contributed by atoms with E-state index in [9.17, 15) is 14.8 Å². The zero-order chi connectivity index (χ0) is 12.8. The average molecular weight is 238 g/mol. The van der Waals surface area contributed by atoms with E-state index in [1.807, 2.05) is 0 Å². The van der Waals surface area contributed by atoms with Gasteiger partial charge >= 0.3 is 13.1 Å². The molecule has 0 aliphatic carbocycles. The van der Waals surface area contributed by atoms with Crippen molar-refractivity contribution in [3.8, 4) is 5.75 Å². The lowest BCUT2D eigenvalue weighted by Crippen LogP contribution is -2.32. The number of hydrogen-bond acceptors (Lipinski definition) is 5. The summed E-state index contributed by atoms with van der Waals surface area (Å²) < 4.78 is 10.0. The van der Waals surface area contributed by atoms with Crippen molar-refractivity contribution in [3.63, 3.8) is 0 Å². The Bertz CT molecular complexity index is 391. The Morgan fingerprint density at radius 2 is 2.00 bits per heavy atom. The molecule has 0 spiro atoms. The van der Waals surface area contributed by atoms with Crippen LogP contribution in [0.25, 0.3) is 0 Å². The van der Waals surface area contributed by atoms with Crippen LogP contribution in [-0.4, -0.2) is 36.3 Å². The Hall–Kier alpha value is -1.53. The summed E-state index contributed by atoms with van der Waals surface area (Å²) in [6, 6.07) is 4.40. The molecule has 0 unspecified atom stereocenters. The molecule has 5 nitrogen and oxygen atoms in total. The summed E-state index contributed by atoms with van der Waals surface area (Å²) in [5.41, 5.74) is 0.413. The lowest BCUT2D eigenvalue weighted by molar-refractivity contribution is 0.0526. The van der Waals surface area contributed by atoms with E-state index in [1.165, 1.54) is 18.2 Å². The van der Waals surface area contributed by atoms with Crippen LogP contribution in [0.4, 0.5) is 0 Å². The monoisotopic (exact) mass is 238 g/mol. The molecule has 1 aromatic carbocycles. The van der Waals surface area contributed by atoms with Crippen molar-refractivity contribution in [1.82, 2.24) is 0 Å². The summed E-state index contributed by atoms with van der Waals surface area (Å²) in [5.74, 6) is -0.159. The molecule has 0 saturated heterocycles. The van der Waals surface area contributed by atoms with Crippen molar-refractivity contribution >= 4 is 18.6 Å². The van der Waals surface area contributed by atoms with Gasteiger partial charge in [0.15, 0.2) is 0 Å². The minimum Gasteiger partial charge on any atom is -0.494 e. The van der Waals surface area contributed by atoms with Crippen molar-refractivity contribution in [2.45, 2.75) is 13.8 Å². The average Bonchev–Trinajstić information content (AvgIpc) is 2.30. The summed E-state index contributed by atoms with van der Waals surface area (Å²) in [6.45, 7) is 4.16. The normalized spacial score (nSPS) is 9.88. The molecule has 1 aromatic rings. The molecule has 1 rings (SSSR count). The highest BCUT2D eigenvalue weighted by atomic mass is 16.5. The van der Waals surface area contributed by atoms with Crippen LogP contribution in [0.15, 0.2) is 18.2 Å². The van der Waals surface area contributed by atoms with Gasteiger partial charge in [-0.05, 0) is 32.0 Å². The van der Waals surface area contributed by atoms with Gasteiger partial charge in [0.2, 0.25) is 0 Å².